The van der Waals surface area contributed by atoms with Crippen LogP contribution in [0, 0.1) is 12.8 Å². The molecule has 0 N–H and O–H groups in total. The molecule has 1 heterocycles. The Morgan fingerprint density at radius 3 is 2.38 bits per heavy atom. The van der Waals surface area contributed by atoms with Gasteiger partial charge in [0.1, 0.15) is 5.71 Å². The molecule has 4 nitrogen and oxygen atoms in total. The number of aryl methyl sites for hydroxylation is 1. The predicted octanol–water partition coefficient (Wildman–Crippen LogP) is 2.76. The zero-order valence-electron chi connectivity index (χ0n) is 11.4. The Labute approximate surface area is 122 Å². The number of ketones is 1. The summed E-state index contributed by atoms with van der Waals surface area (Å²) in [6.45, 7) is 1.94. The summed E-state index contributed by atoms with van der Waals surface area (Å²) in [4.78, 5) is 29.2. The lowest BCUT2D eigenvalue weighted by Gasteiger charge is -2.08. The minimum Gasteiger partial charge on any atom is -0.317 e. The molecule has 4 heteroatoms. The maximum absolute atomic E-state index is 12.6. The maximum Gasteiger partial charge on any atom is 0.351 e. The molecule has 0 aliphatic carbocycles. The second-order valence-corrected chi connectivity index (χ2v) is 4.92. The highest BCUT2D eigenvalue weighted by molar-refractivity contribution is 6.29. The van der Waals surface area contributed by atoms with Crippen LogP contribution in [0.4, 0.5) is 0 Å². The highest BCUT2D eigenvalue weighted by Crippen LogP contribution is 2.22. The summed E-state index contributed by atoms with van der Waals surface area (Å²) in [6, 6.07) is 16.2. The van der Waals surface area contributed by atoms with Gasteiger partial charge >= 0.3 is 5.97 Å². The predicted molar refractivity (Wildman–Crippen MR) is 78.1 cm³/mol. The fourth-order valence-electron chi connectivity index (χ4n) is 2.26. The molecule has 2 aromatic carbocycles. The number of oxime groups is 1. The fraction of sp³-hybridized carbons (Fsp3) is 0.118. The summed E-state index contributed by atoms with van der Waals surface area (Å²) in [5, 5.41) is 3.78. The Balaban J connectivity index is 1.96. The third kappa shape index (κ3) is 2.48. The number of carbonyl (C=O) groups excluding carboxylic acids is 2. The molecule has 0 spiro atoms. The van der Waals surface area contributed by atoms with Crippen molar-refractivity contribution in [2.75, 3.05) is 0 Å². The molecule has 1 aliphatic rings. The van der Waals surface area contributed by atoms with Crippen LogP contribution in [0.15, 0.2) is 59.8 Å². The summed E-state index contributed by atoms with van der Waals surface area (Å²) in [5.74, 6) is -1.91. The molecule has 21 heavy (non-hydrogen) atoms. The summed E-state index contributed by atoms with van der Waals surface area (Å²) < 4.78 is 0. The monoisotopic (exact) mass is 279 g/mol. The number of hydrogen-bond donors (Lipinski definition) is 0. The van der Waals surface area contributed by atoms with Crippen molar-refractivity contribution in [2.45, 2.75) is 6.92 Å². The van der Waals surface area contributed by atoms with Crippen LogP contribution in [0.5, 0.6) is 0 Å². The van der Waals surface area contributed by atoms with Crippen molar-refractivity contribution in [1.29, 1.82) is 0 Å². The minimum atomic E-state index is -0.991. The first-order valence-electron chi connectivity index (χ1n) is 6.62. The van der Waals surface area contributed by atoms with E-state index < -0.39 is 11.9 Å². The van der Waals surface area contributed by atoms with Crippen molar-refractivity contribution in [2.24, 2.45) is 11.1 Å². The van der Waals surface area contributed by atoms with E-state index in [4.69, 9.17) is 4.84 Å². The Kier molecular flexibility index (Phi) is 3.36. The molecule has 1 unspecified atom stereocenters. The molecule has 3 rings (SSSR count). The molecule has 0 bridgehead atoms. The molecule has 0 radical (unpaired) electrons. The Bertz CT molecular complexity index is 717. The van der Waals surface area contributed by atoms with Crippen LogP contribution in [-0.2, 0) is 9.63 Å². The van der Waals surface area contributed by atoms with E-state index in [1.807, 2.05) is 37.3 Å². The van der Waals surface area contributed by atoms with Crippen molar-refractivity contribution in [3.05, 3.63) is 71.3 Å². The van der Waals surface area contributed by atoms with Crippen LogP contribution in [-0.4, -0.2) is 17.5 Å². The van der Waals surface area contributed by atoms with Crippen molar-refractivity contribution in [1.82, 2.24) is 0 Å². The van der Waals surface area contributed by atoms with E-state index in [-0.39, 0.29) is 5.78 Å². The molecular formula is C17H13NO3. The van der Waals surface area contributed by atoms with Gasteiger partial charge in [-0.05, 0) is 6.92 Å². The Hall–Kier alpha value is -2.75. The number of benzene rings is 2. The second kappa shape index (κ2) is 5.32. The van der Waals surface area contributed by atoms with Gasteiger partial charge in [-0.25, -0.2) is 4.79 Å². The van der Waals surface area contributed by atoms with Crippen LogP contribution in [0.25, 0.3) is 0 Å². The number of hydrogen-bond acceptors (Lipinski definition) is 4. The molecule has 0 saturated heterocycles. The zero-order chi connectivity index (χ0) is 14.8. The number of nitrogens with zero attached hydrogens (tertiary/aromatic N) is 1. The molecule has 1 atom stereocenters. The van der Waals surface area contributed by atoms with E-state index in [1.54, 1.807) is 24.3 Å². The van der Waals surface area contributed by atoms with Crippen LogP contribution >= 0.6 is 0 Å². The van der Waals surface area contributed by atoms with Crippen LogP contribution in [0.1, 0.15) is 21.5 Å². The van der Waals surface area contributed by atoms with Gasteiger partial charge in [-0.15, -0.1) is 0 Å². The van der Waals surface area contributed by atoms with E-state index in [0.717, 1.165) is 5.56 Å². The smallest absolute Gasteiger partial charge is 0.317 e. The topological polar surface area (TPSA) is 55.7 Å². The largest absolute Gasteiger partial charge is 0.351 e. The van der Waals surface area contributed by atoms with E-state index in [9.17, 15) is 9.59 Å². The standard InChI is InChI=1S/C17H13NO3/c1-11-7-9-13(10-8-11)16(19)14-15(18-21-17(14)20)12-5-3-2-4-6-12/h2-10,14H,1H3. The lowest BCUT2D eigenvalue weighted by molar-refractivity contribution is -0.142. The van der Waals surface area contributed by atoms with Crippen LogP contribution in [0.2, 0.25) is 0 Å². The molecular weight excluding hydrogens is 266 g/mol. The SMILES string of the molecule is Cc1ccc(C(=O)C2C(=O)ON=C2c2ccccc2)cc1. The van der Waals surface area contributed by atoms with Crippen molar-refractivity contribution in [3.63, 3.8) is 0 Å². The normalized spacial score (nSPS) is 17.3. The first-order valence-corrected chi connectivity index (χ1v) is 6.62. The molecule has 1 aliphatic heterocycles. The molecule has 0 fully saturated rings. The first kappa shape index (κ1) is 13.2. The highest BCUT2D eigenvalue weighted by Gasteiger charge is 2.40. The van der Waals surface area contributed by atoms with Crippen LogP contribution in [0.3, 0.4) is 0 Å². The second-order valence-electron chi connectivity index (χ2n) is 4.92. The summed E-state index contributed by atoms with van der Waals surface area (Å²) in [5.41, 5.74) is 2.62. The number of rotatable bonds is 3. The van der Waals surface area contributed by atoms with Gasteiger partial charge in [-0.2, -0.15) is 0 Å². The lowest BCUT2D eigenvalue weighted by Crippen LogP contribution is -2.28. The molecule has 2 aromatic rings. The quantitative estimate of drug-likeness (QED) is 0.493. The molecule has 104 valence electrons. The van der Waals surface area contributed by atoms with Gasteiger partial charge in [-0.3, -0.25) is 4.79 Å². The van der Waals surface area contributed by atoms with E-state index in [2.05, 4.69) is 5.16 Å². The van der Waals surface area contributed by atoms with Crippen molar-refractivity contribution >= 4 is 17.5 Å². The fourth-order valence-corrected chi connectivity index (χ4v) is 2.26. The number of Topliss-reactive ketones (excluding diaryl/α,β-unsaturated/α-hetero) is 1. The summed E-state index contributed by atoms with van der Waals surface area (Å²) in [6.07, 6.45) is 0. The average molecular weight is 279 g/mol. The van der Waals surface area contributed by atoms with Gasteiger partial charge < -0.3 is 4.84 Å². The van der Waals surface area contributed by atoms with E-state index in [1.165, 1.54) is 0 Å². The highest BCUT2D eigenvalue weighted by atomic mass is 16.7. The third-order valence-electron chi connectivity index (χ3n) is 3.41. The lowest BCUT2D eigenvalue weighted by atomic mass is 9.90. The van der Waals surface area contributed by atoms with Crippen LogP contribution < -0.4 is 0 Å². The zero-order valence-corrected chi connectivity index (χ0v) is 11.4. The minimum absolute atomic E-state index is 0.292. The maximum atomic E-state index is 12.6. The number of carbonyl (C=O) groups is 2. The van der Waals surface area contributed by atoms with Gasteiger partial charge in [0.2, 0.25) is 0 Å². The molecule has 0 saturated carbocycles. The average Bonchev–Trinajstić information content (AvgIpc) is 2.90. The third-order valence-corrected chi connectivity index (χ3v) is 3.41. The molecule has 0 amide bonds. The Morgan fingerprint density at radius 2 is 1.71 bits per heavy atom. The molecule has 0 aromatic heterocycles. The van der Waals surface area contributed by atoms with Crippen molar-refractivity contribution < 1.29 is 14.4 Å². The van der Waals surface area contributed by atoms with Gasteiger partial charge in [0, 0.05) is 11.1 Å². The van der Waals surface area contributed by atoms with Gasteiger partial charge in [0.05, 0.1) is 0 Å². The van der Waals surface area contributed by atoms with Crippen molar-refractivity contribution in [3.8, 4) is 0 Å². The summed E-state index contributed by atoms with van der Waals surface area (Å²) in [7, 11) is 0. The van der Waals surface area contributed by atoms with Gasteiger partial charge in [0.15, 0.2) is 11.7 Å². The summed E-state index contributed by atoms with van der Waals surface area (Å²) >= 11 is 0. The van der Waals surface area contributed by atoms with E-state index in [0.29, 0.717) is 16.8 Å². The first-order chi connectivity index (χ1) is 10.2. The Morgan fingerprint density at radius 1 is 1.05 bits per heavy atom. The van der Waals surface area contributed by atoms with Gasteiger partial charge in [-0.1, -0.05) is 65.3 Å². The van der Waals surface area contributed by atoms with E-state index >= 15 is 0 Å². The van der Waals surface area contributed by atoms with Gasteiger partial charge in [0.25, 0.3) is 0 Å².